The third kappa shape index (κ3) is 12.6. The van der Waals surface area contributed by atoms with Crippen molar-refractivity contribution < 1.29 is 14.4 Å². The number of ketones is 1. The number of Topliss-reactive ketones (excluding diaryl/α,β-unsaturated/α-hetero) is 1. The summed E-state index contributed by atoms with van der Waals surface area (Å²) in [6.45, 7) is 17.8. The molecule has 40 heavy (non-hydrogen) atoms. The quantitative estimate of drug-likeness (QED) is 0.176. The number of nitrogens with two attached hydrogens (primary N) is 3. The highest BCUT2D eigenvalue weighted by Gasteiger charge is 2.22. The minimum atomic E-state index is -0.744. The Hall–Kier alpha value is -4.09. The van der Waals surface area contributed by atoms with Crippen LogP contribution in [0.15, 0.2) is 33.2 Å². The molecule has 0 spiro atoms. The van der Waals surface area contributed by atoms with Gasteiger partial charge in [-0.3, -0.25) is 35.4 Å². The zero-order valence-electron chi connectivity index (χ0n) is 25.2. The summed E-state index contributed by atoms with van der Waals surface area (Å²) in [5, 5.41) is 12.7. The van der Waals surface area contributed by atoms with Gasteiger partial charge in [0.1, 0.15) is 5.84 Å². The molecule has 0 aliphatic rings. The Morgan fingerprint density at radius 1 is 0.775 bits per heavy atom. The van der Waals surface area contributed by atoms with E-state index < -0.39 is 23.2 Å². The Bertz CT molecular complexity index is 1220. The van der Waals surface area contributed by atoms with Crippen molar-refractivity contribution in [1.29, 1.82) is 5.41 Å². The molecular weight excluding hydrogens is 510 g/mol. The van der Waals surface area contributed by atoms with Crippen LogP contribution in [0.3, 0.4) is 0 Å². The molecule has 0 fully saturated rings. The van der Waals surface area contributed by atoms with Gasteiger partial charge in [0.2, 0.25) is 17.9 Å². The number of benzene rings is 1. The van der Waals surface area contributed by atoms with Crippen LogP contribution in [0.2, 0.25) is 0 Å². The Balaban J connectivity index is 3.30. The van der Waals surface area contributed by atoms with Gasteiger partial charge in [0, 0.05) is 35.1 Å². The molecule has 0 radical (unpaired) electrons. The molecule has 220 valence electrons. The number of carbonyl (C=O) groups is 3. The smallest absolute Gasteiger partial charge is 0.258 e. The molecule has 0 bridgehead atoms. The fraction of sp³-hybridized carbons (Fsp3) is 0.536. The molecule has 0 saturated carbocycles. The van der Waals surface area contributed by atoms with E-state index in [1.807, 2.05) is 41.5 Å². The second-order valence-corrected chi connectivity index (χ2v) is 13.0. The zero-order chi connectivity index (χ0) is 31.1. The number of hydrogen-bond acceptors (Lipinski definition) is 5. The molecule has 12 heteroatoms. The highest BCUT2D eigenvalue weighted by atomic mass is 16.2. The van der Waals surface area contributed by atoms with Crippen LogP contribution in [0.4, 0.5) is 0 Å². The summed E-state index contributed by atoms with van der Waals surface area (Å²) in [5.74, 6) is -2.44. The molecule has 0 heterocycles. The number of amides is 2. The van der Waals surface area contributed by atoms with Gasteiger partial charge in [0.05, 0.1) is 0 Å². The Morgan fingerprint density at radius 2 is 1.27 bits per heavy atom. The van der Waals surface area contributed by atoms with E-state index in [1.54, 1.807) is 0 Å². The lowest BCUT2D eigenvalue weighted by Gasteiger charge is -2.18. The number of amidine groups is 1. The number of carbonyl (C=O) groups excluding carboxylic acids is 3. The molecule has 0 atom stereocenters. The number of hydrogen-bond donors (Lipinski definition) is 6. The summed E-state index contributed by atoms with van der Waals surface area (Å²) >= 11 is 0. The maximum atomic E-state index is 13.0. The molecule has 12 nitrogen and oxygen atoms in total. The van der Waals surface area contributed by atoms with Gasteiger partial charge in [-0.2, -0.15) is 4.99 Å². The van der Waals surface area contributed by atoms with E-state index in [1.165, 1.54) is 18.2 Å². The van der Waals surface area contributed by atoms with Gasteiger partial charge in [-0.1, -0.05) is 62.3 Å². The van der Waals surface area contributed by atoms with E-state index in [0.717, 1.165) is 6.42 Å². The summed E-state index contributed by atoms with van der Waals surface area (Å²) in [6, 6.07) is 4.01. The molecule has 0 unspecified atom stereocenters. The predicted octanol–water partition coefficient (Wildman–Crippen LogP) is 3.17. The van der Waals surface area contributed by atoms with E-state index in [2.05, 4.69) is 46.4 Å². The lowest BCUT2D eigenvalue weighted by molar-refractivity contribution is 0.0939. The summed E-state index contributed by atoms with van der Waals surface area (Å²) in [5.41, 5.74) is 16.9. The van der Waals surface area contributed by atoms with Crippen molar-refractivity contribution >= 4 is 41.3 Å². The lowest BCUT2D eigenvalue weighted by atomic mass is 9.87. The molecular formula is C28H45N9O3. The van der Waals surface area contributed by atoms with Crippen LogP contribution in [-0.2, 0) is 0 Å². The fourth-order valence-electron chi connectivity index (χ4n) is 3.01. The first-order chi connectivity index (χ1) is 18.1. The monoisotopic (exact) mass is 555 g/mol. The van der Waals surface area contributed by atoms with E-state index in [0.29, 0.717) is 6.54 Å². The number of aliphatic imine (C=N–C) groups is 3. The van der Waals surface area contributed by atoms with Crippen molar-refractivity contribution in [3.05, 3.63) is 34.9 Å². The van der Waals surface area contributed by atoms with Crippen molar-refractivity contribution in [2.24, 2.45) is 48.4 Å². The van der Waals surface area contributed by atoms with Crippen molar-refractivity contribution in [3.8, 4) is 0 Å². The molecule has 9 N–H and O–H groups in total. The van der Waals surface area contributed by atoms with Crippen LogP contribution in [0.5, 0.6) is 0 Å². The topological polar surface area (TPSA) is 214 Å². The molecule has 1 rings (SSSR count). The number of rotatable bonds is 6. The minimum Gasteiger partial charge on any atom is -0.387 e. The van der Waals surface area contributed by atoms with Crippen molar-refractivity contribution in [2.45, 2.75) is 75.2 Å². The summed E-state index contributed by atoms with van der Waals surface area (Å²) in [6.07, 6.45) is 0.952. The summed E-state index contributed by atoms with van der Waals surface area (Å²) in [7, 11) is 0. The number of guanidine groups is 3. The Labute approximate surface area is 236 Å². The SMILES string of the molecule is CC(C)(C)CCN=C(N)N=C(N)NC(=O)c1cc(C(=O)CC(C)(C)C)cc(C(=O)NC(=N)N=C(N)C(C)(C)C)c1. The maximum Gasteiger partial charge on any atom is 0.258 e. The van der Waals surface area contributed by atoms with Gasteiger partial charge in [-0.15, -0.1) is 0 Å². The van der Waals surface area contributed by atoms with E-state index in [4.69, 9.17) is 22.6 Å². The first-order valence-electron chi connectivity index (χ1n) is 13.0. The molecule has 0 aliphatic heterocycles. The van der Waals surface area contributed by atoms with Crippen molar-refractivity contribution in [1.82, 2.24) is 10.6 Å². The molecule has 0 saturated heterocycles. The molecule has 1 aromatic carbocycles. The zero-order valence-corrected chi connectivity index (χ0v) is 25.2. The molecule has 0 aliphatic carbocycles. The van der Waals surface area contributed by atoms with Crippen LogP contribution in [-0.4, -0.2) is 47.9 Å². The fourth-order valence-corrected chi connectivity index (χ4v) is 3.01. The number of nitrogens with zero attached hydrogens (tertiary/aromatic N) is 3. The van der Waals surface area contributed by atoms with Gasteiger partial charge in [-0.25, -0.2) is 4.99 Å². The first kappa shape index (κ1) is 33.9. The second-order valence-electron chi connectivity index (χ2n) is 13.0. The minimum absolute atomic E-state index is 0.0180. The molecule has 2 amide bonds. The van der Waals surface area contributed by atoms with Crippen molar-refractivity contribution in [3.63, 3.8) is 0 Å². The number of nitrogens with one attached hydrogen (secondary N) is 3. The van der Waals surface area contributed by atoms with Gasteiger partial charge in [-0.05, 0) is 35.4 Å². The molecule has 1 aromatic rings. The predicted molar refractivity (Wildman–Crippen MR) is 161 cm³/mol. The van der Waals surface area contributed by atoms with Gasteiger partial charge < -0.3 is 17.2 Å². The van der Waals surface area contributed by atoms with Crippen LogP contribution in [0, 0.1) is 21.7 Å². The van der Waals surface area contributed by atoms with Crippen LogP contribution < -0.4 is 27.8 Å². The third-order valence-corrected chi connectivity index (χ3v) is 5.32. The third-order valence-electron chi connectivity index (χ3n) is 5.32. The van der Waals surface area contributed by atoms with E-state index >= 15 is 0 Å². The highest BCUT2D eigenvalue weighted by Crippen LogP contribution is 2.23. The van der Waals surface area contributed by atoms with Gasteiger partial charge in [0.25, 0.3) is 11.8 Å². The largest absolute Gasteiger partial charge is 0.387 e. The average molecular weight is 556 g/mol. The summed E-state index contributed by atoms with van der Waals surface area (Å²) in [4.78, 5) is 51.0. The van der Waals surface area contributed by atoms with Crippen molar-refractivity contribution in [2.75, 3.05) is 6.54 Å². The lowest BCUT2D eigenvalue weighted by Crippen LogP contribution is -2.38. The maximum absolute atomic E-state index is 13.0. The van der Waals surface area contributed by atoms with E-state index in [-0.39, 0.29) is 57.5 Å². The Kier molecular flexibility index (Phi) is 11.3. The highest BCUT2D eigenvalue weighted by molar-refractivity contribution is 6.13. The standard InChI is InChI=1S/C28H45N9O3/c1-26(2,3)10-11-33-23(30)37-25(32)35-21(40)18-13-16(19(38)15-27(4,5)6)12-17(14-18)20(39)34-24(31)36-22(29)28(7,8)9/h12-14H,10-11,15H2,1-9H3,(H4,29,31,34,36,39)(H5,30,32,33,35,37,40). The normalized spacial score (nSPS) is 13.6. The van der Waals surface area contributed by atoms with Gasteiger partial charge in [0.15, 0.2) is 5.78 Å². The molecule has 0 aromatic heterocycles. The van der Waals surface area contributed by atoms with Gasteiger partial charge >= 0.3 is 0 Å². The average Bonchev–Trinajstić information content (AvgIpc) is 2.75. The Morgan fingerprint density at radius 3 is 1.75 bits per heavy atom. The first-order valence-corrected chi connectivity index (χ1v) is 13.0. The van der Waals surface area contributed by atoms with Crippen LogP contribution in [0.25, 0.3) is 0 Å². The van der Waals surface area contributed by atoms with Crippen LogP contribution in [0.1, 0.15) is 106 Å². The summed E-state index contributed by atoms with van der Waals surface area (Å²) < 4.78 is 0. The van der Waals surface area contributed by atoms with Crippen LogP contribution >= 0.6 is 0 Å². The second kappa shape index (κ2) is 13.3. The van der Waals surface area contributed by atoms with E-state index in [9.17, 15) is 14.4 Å².